The minimum Gasteiger partial charge on any atom is -0.376 e. The average Bonchev–Trinajstić information content (AvgIpc) is 2.47. The van der Waals surface area contributed by atoms with Crippen LogP contribution in [0.15, 0.2) is 0 Å². The lowest BCUT2D eigenvalue weighted by Gasteiger charge is -2.46. The molecule has 94 valence electrons. The Bertz CT molecular complexity index is 251. The average molecular weight is 226 g/mol. The molecule has 2 rings (SSSR count). The molecule has 0 radical (unpaired) electrons. The van der Waals surface area contributed by atoms with E-state index < -0.39 is 0 Å². The highest BCUT2D eigenvalue weighted by Crippen LogP contribution is 2.42. The van der Waals surface area contributed by atoms with Crippen LogP contribution in [0.4, 0.5) is 0 Å². The molecule has 0 amide bonds. The molecule has 0 aliphatic carbocycles. The third-order valence-electron chi connectivity index (χ3n) is 4.55. The van der Waals surface area contributed by atoms with Gasteiger partial charge in [0.05, 0.1) is 12.7 Å². The van der Waals surface area contributed by atoms with Crippen LogP contribution in [-0.4, -0.2) is 42.3 Å². The van der Waals surface area contributed by atoms with Gasteiger partial charge in [0.2, 0.25) is 0 Å². The summed E-state index contributed by atoms with van der Waals surface area (Å²) in [6.45, 7) is 12.2. The van der Waals surface area contributed by atoms with Gasteiger partial charge in [-0.3, -0.25) is 4.90 Å². The summed E-state index contributed by atoms with van der Waals surface area (Å²) in [4.78, 5) is 2.56. The zero-order valence-corrected chi connectivity index (χ0v) is 11.1. The van der Waals surface area contributed by atoms with Crippen molar-refractivity contribution < 1.29 is 4.74 Å². The molecule has 2 fully saturated rings. The molecular formula is C13H26N2O. The Hall–Kier alpha value is -0.120. The Kier molecular flexibility index (Phi) is 3.06. The Labute approximate surface area is 99.3 Å². The summed E-state index contributed by atoms with van der Waals surface area (Å²) in [5, 5.41) is 0. The summed E-state index contributed by atoms with van der Waals surface area (Å²) in [6, 6.07) is 0.231. The molecule has 2 atom stereocenters. The number of ether oxygens (including phenoxy) is 1. The minimum atomic E-state index is 0.231. The second kappa shape index (κ2) is 3.97. The Morgan fingerprint density at radius 3 is 2.19 bits per heavy atom. The van der Waals surface area contributed by atoms with Gasteiger partial charge >= 0.3 is 0 Å². The molecule has 16 heavy (non-hydrogen) atoms. The summed E-state index contributed by atoms with van der Waals surface area (Å²) < 4.78 is 5.74. The fourth-order valence-electron chi connectivity index (χ4n) is 3.10. The summed E-state index contributed by atoms with van der Waals surface area (Å²) >= 11 is 0. The van der Waals surface area contributed by atoms with E-state index in [1.807, 2.05) is 0 Å². The quantitative estimate of drug-likeness (QED) is 0.682. The zero-order chi connectivity index (χ0) is 12.0. The standard InChI is InChI=1S/C13H26N2O/c1-10-11(14)13(9-16-10)5-7-15(8-6-13)12(2,3)4/h10-11H,5-9,14H2,1-4H3/t10-,11+/m1/s1. The van der Waals surface area contributed by atoms with Gasteiger partial charge in [-0.25, -0.2) is 0 Å². The lowest BCUT2D eigenvalue weighted by atomic mass is 9.73. The molecule has 0 aromatic heterocycles. The number of nitrogens with two attached hydrogens (primary N) is 1. The van der Waals surface area contributed by atoms with E-state index in [9.17, 15) is 0 Å². The van der Waals surface area contributed by atoms with Crippen LogP contribution in [0.5, 0.6) is 0 Å². The van der Waals surface area contributed by atoms with E-state index in [-0.39, 0.29) is 23.1 Å². The predicted octanol–water partition coefficient (Wildman–Crippen LogP) is 1.61. The Morgan fingerprint density at radius 1 is 1.25 bits per heavy atom. The normalized spacial score (nSPS) is 35.8. The smallest absolute Gasteiger partial charge is 0.0704 e. The molecule has 0 unspecified atom stereocenters. The number of piperidine rings is 1. The van der Waals surface area contributed by atoms with E-state index in [2.05, 4.69) is 32.6 Å². The van der Waals surface area contributed by atoms with Gasteiger partial charge in [-0.05, 0) is 53.6 Å². The monoisotopic (exact) mass is 226 g/mol. The number of likely N-dealkylation sites (tertiary alicyclic amines) is 1. The lowest BCUT2D eigenvalue weighted by Crippen LogP contribution is -2.54. The summed E-state index contributed by atoms with van der Waals surface area (Å²) in [5.74, 6) is 0. The van der Waals surface area contributed by atoms with Gasteiger partial charge in [-0.15, -0.1) is 0 Å². The van der Waals surface area contributed by atoms with Gasteiger partial charge in [0.15, 0.2) is 0 Å². The molecule has 0 aromatic rings. The molecule has 2 N–H and O–H groups in total. The minimum absolute atomic E-state index is 0.231. The lowest BCUT2D eigenvalue weighted by molar-refractivity contribution is 0.0288. The second-order valence-corrected chi connectivity index (χ2v) is 6.56. The molecule has 3 heteroatoms. The molecule has 2 saturated heterocycles. The zero-order valence-electron chi connectivity index (χ0n) is 11.1. The van der Waals surface area contributed by atoms with Crippen LogP contribution < -0.4 is 5.73 Å². The first-order valence-electron chi connectivity index (χ1n) is 6.47. The van der Waals surface area contributed by atoms with E-state index in [0.29, 0.717) is 0 Å². The van der Waals surface area contributed by atoms with Crippen LogP contribution in [0, 0.1) is 5.41 Å². The van der Waals surface area contributed by atoms with Crippen molar-refractivity contribution >= 4 is 0 Å². The highest BCUT2D eigenvalue weighted by atomic mass is 16.5. The molecule has 2 heterocycles. The predicted molar refractivity (Wildman–Crippen MR) is 66.4 cm³/mol. The molecule has 2 aliphatic rings. The third kappa shape index (κ3) is 2.01. The maximum atomic E-state index is 6.30. The van der Waals surface area contributed by atoms with Crippen molar-refractivity contribution in [2.24, 2.45) is 11.1 Å². The summed E-state index contributed by atoms with van der Waals surface area (Å²) in [7, 11) is 0. The van der Waals surface area contributed by atoms with Crippen LogP contribution in [0.3, 0.4) is 0 Å². The van der Waals surface area contributed by atoms with Gasteiger partial charge < -0.3 is 10.5 Å². The van der Waals surface area contributed by atoms with Crippen molar-refractivity contribution in [1.82, 2.24) is 4.90 Å². The van der Waals surface area contributed by atoms with Crippen LogP contribution in [-0.2, 0) is 4.74 Å². The van der Waals surface area contributed by atoms with Gasteiger partial charge in [0, 0.05) is 17.0 Å². The molecule has 3 nitrogen and oxygen atoms in total. The van der Waals surface area contributed by atoms with Crippen molar-refractivity contribution in [2.75, 3.05) is 19.7 Å². The van der Waals surface area contributed by atoms with E-state index in [1.54, 1.807) is 0 Å². The van der Waals surface area contributed by atoms with E-state index in [1.165, 1.54) is 12.8 Å². The first-order chi connectivity index (χ1) is 7.35. The number of rotatable bonds is 0. The first-order valence-corrected chi connectivity index (χ1v) is 6.47. The number of hydrogen-bond acceptors (Lipinski definition) is 3. The van der Waals surface area contributed by atoms with Crippen molar-refractivity contribution in [3.05, 3.63) is 0 Å². The summed E-state index contributed by atoms with van der Waals surface area (Å²) in [6.07, 6.45) is 2.62. The second-order valence-electron chi connectivity index (χ2n) is 6.56. The molecule has 2 aliphatic heterocycles. The van der Waals surface area contributed by atoms with Gasteiger partial charge in [-0.2, -0.15) is 0 Å². The van der Waals surface area contributed by atoms with Crippen molar-refractivity contribution in [3.63, 3.8) is 0 Å². The summed E-state index contributed by atoms with van der Waals surface area (Å²) in [5.41, 5.74) is 6.85. The van der Waals surface area contributed by atoms with Crippen molar-refractivity contribution in [1.29, 1.82) is 0 Å². The van der Waals surface area contributed by atoms with Gasteiger partial charge in [0.25, 0.3) is 0 Å². The van der Waals surface area contributed by atoms with Crippen molar-refractivity contribution in [2.45, 2.75) is 58.2 Å². The molecular weight excluding hydrogens is 200 g/mol. The fourth-order valence-corrected chi connectivity index (χ4v) is 3.10. The number of hydrogen-bond donors (Lipinski definition) is 1. The van der Waals surface area contributed by atoms with E-state index in [4.69, 9.17) is 10.5 Å². The Balaban J connectivity index is 2.00. The molecule has 0 aromatic carbocycles. The molecule has 0 saturated carbocycles. The van der Waals surface area contributed by atoms with E-state index in [0.717, 1.165) is 19.7 Å². The first kappa shape index (κ1) is 12.3. The van der Waals surface area contributed by atoms with E-state index >= 15 is 0 Å². The van der Waals surface area contributed by atoms with Crippen LogP contribution in [0.1, 0.15) is 40.5 Å². The SMILES string of the molecule is C[C@H]1OCC2(CCN(C(C)(C)C)CC2)[C@H]1N. The van der Waals surface area contributed by atoms with Gasteiger partial charge in [-0.1, -0.05) is 0 Å². The maximum Gasteiger partial charge on any atom is 0.0704 e. The third-order valence-corrected chi connectivity index (χ3v) is 4.55. The van der Waals surface area contributed by atoms with Gasteiger partial charge in [0.1, 0.15) is 0 Å². The van der Waals surface area contributed by atoms with Crippen LogP contribution in [0.2, 0.25) is 0 Å². The largest absolute Gasteiger partial charge is 0.376 e. The Morgan fingerprint density at radius 2 is 1.81 bits per heavy atom. The highest BCUT2D eigenvalue weighted by molar-refractivity contribution is 5.01. The highest BCUT2D eigenvalue weighted by Gasteiger charge is 2.48. The topological polar surface area (TPSA) is 38.5 Å². The molecule has 1 spiro atoms. The maximum absolute atomic E-state index is 6.30. The van der Waals surface area contributed by atoms with Crippen molar-refractivity contribution in [3.8, 4) is 0 Å². The fraction of sp³-hybridized carbons (Fsp3) is 1.00. The van der Waals surface area contributed by atoms with Crippen LogP contribution in [0.25, 0.3) is 0 Å². The number of nitrogens with zero attached hydrogens (tertiary/aromatic N) is 1. The molecule has 0 bridgehead atoms. The van der Waals surface area contributed by atoms with Crippen LogP contribution >= 0.6 is 0 Å².